The normalized spacial score (nSPS) is 20.0. The molecular formula is C31H33ClN4O5S. The third-order valence-electron chi connectivity index (χ3n) is 7.51. The number of para-hydroxylation sites is 2. The van der Waals surface area contributed by atoms with Crippen molar-refractivity contribution in [2.24, 2.45) is 10.9 Å². The van der Waals surface area contributed by atoms with Crippen LogP contribution in [0.3, 0.4) is 0 Å². The Bertz CT molecular complexity index is 1470. The van der Waals surface area contributed by atoms with E-state index in [9.17, 15) is 14.4 Å². The van der Waals surface area contributed by atoms with E-state index in [-0.39, 0.29) is 30.1 Å². The monoisotopic (exact) mass is 608 g/mol. The van der Waals surface area contributed by atoms with Crippen molar-refractivity contribution in [1.29, 1.82) is 0 Å². The van der Waals surface area contributed by atoms with Crippen LogP contribution in [0.5, 0.6) is 5.75 Å². The molecule has 0 aliphatic carbocycles. The molecular weight excluding hydrogens is 576 g/mol. The number of likely N-dealkylation sites (tertiary alicyclic amines) is 1. The molecule has 3 aliphatic heterocycles. The van der Waals surface area contributed by atoms with Gasteiger partial charge in [-0.3, -0.25) is 14.4 Å². The third kappa shape index (κ3) is 6.19. The van der Waals surface area contributed by atoms with Crippen LogP contribution in [0.4, 0.5) is 5.69 Å². The maximum absolute atomic E-state index is 13.9. The van der Waals surface area contributed by atoms with Crippen molar-refractivity contribution in [3.63, 3.8) is 0 Å². The first kappa shape index (κ1) is 29.7. The van der Waals surface area contributed by atoms with E-state index in [4.69, 9.17) is 26.1 Å². The quantitative estimate of drug-likeness (QED) is 0.381. The fourth-order valence-corrected chi connectivity index (χ4v) is 6.57. The van der Waals surface area contributed by atoms with Gasteiger partial charge >= 0.3 is 5.97 Å². The number of hydrogen-bond acceptors (Lipinski definition) is 8. The highest BCUT2D eigenvalue weighted by Crippen LogP contribution is 2.45. The largest absolute Gasteiger partial charge is 0.495 e. The number of hydrogen-bond donors (Lipinski definition) is 1. The first-order valence-electron chi connectivity index (χ1n) is 13.9. The van der Waals surface area contributed by atoms with Crippen LogP contribution in [0, 0.1) is 5.92 Å². The van der Waals surface area contributed by atoms with Gasteiger partial charge in [0.25, 0.3) is 5.91 Å². The molecule has 2 unspecified atom stereocenters. The standard InChI is InChI=1S/C31H33ClN4O5S/c1-4-41-30(39)21-8-7-15-35(17-21)26(37)16-23-18-42-31-33-19(2)27(28(36(23)31)20-11-13-22(32)14-12-20)29(38)34-24-9-5-6-10-25(24)40-3/h5-6,9-14,18,21,28H,4,7-8,15-17H2,1-3H3,(H,34,38). The first-order valence-corrected chi connectivity index (χ1v) is 15.1. The van der Waals surface area contributed by atoms with Crippen LogP contribution < -0.4 is 10.1 Å². The number of ether oxygens (including phenoxy) is 2. The molecule has 0 saturated carbocycles. The number of rotatable bonds is 8. The minimum Gasteiger partial charge on any atom is -0.495 e. The van der Waals surface area contributed by atoms with Gasteiger partial charge in [-0.05, 0) is 61.9 Å². The Kier molecular flexibility index (Phi) is 9.23. The number of nitrogens with one attached hydrogen (secondary N) is 1. The zero-order valence-electron chi connectivity index (χ0n) is 23.8. The Hall–Kier alpha value is -3.76. The molecule has 2 atom stereocenters. The number of amidine groups is 1. The molecule has 0 aromatic heterocycles. The van der Waals surface area contributed by atoms with Crippen LogP contribution in [-0.2, 0) is 19.1 Å². The number of fused-ring (bicyclic) bond motifs is 1. The van der Waals surface area contributed by atoms with Gasteiger partial charge in [0.15, 0.2) is 5.17 Å². The lowest BCUT2D eigenvalue weighted by Gasteiger charge is -2.37. The van der Waals surface area contributed by atoms with Crippen LogP contribution in [-0.4, -0.2) is 59.6 Å². The Morgan fingerprint density at radius 3 is 2.64 bits per heavy atom. The lowest BCUT2D eigenvalue weighted by Crippen LogP contribution is -2.44. The fraction of sp³-hybridized carbons (Fsp3) is 0.355. The Balaban J connectivity index is 1.43. The molecule has 2 aromatic carbocycles. The number of carbonyl (C=O) groups is 3. The summed E-state index contributed by atoms with van der Waals surface area (Å²) in [5.74, 6) is -0.448. The van der Waals surface area contributed by atoms with Crippen molar-refractivity contribution in [3.05, 3.63) is 81.5 Å². The molecule has 220 valence electrons. The molecule has 3 aliphatic rings. The lowest BCUT2D eigenvalue weighted by molar-refractivity contribution is -0.151. The Morgan fingerprint density at radius 2 is 1.90 bits per heavy atom. The van der Waals surface area contributed by atoms with Crippen LogP contribution in [0.1, 0.15) is 44.7 Å². The second kappa shape index (κ2) is 13.0. The van der Waals surface area contributed by atoms with E-state index in [0.29, 0.717) is 59.0 Å². The molecule has 3 heterocycles. The smallest absolute Gasteiger partial charge is 0.310 e. The number of carbonyl (C=O) groups excluding carboxylic acids is 3. The van der Waals surface area contributed by atoms with Gasteiger partial charge in [0.1, 0.15) is 5.75 Å². The lowest BCUT2D eigenvalue weighted by atomic mass is 9.93. The van der Waals surface area contributed by atoms with Gasteiger partial charge in [-0.25, -0.2) is 4.99 Å². The molecule has 1 fully saturated rings. The number of thioether (sulfide) groups is 1. The van der Waals surface area contributed by atoms with E-state index in [1.807, 2.05) is 41.5 Å². The number of anilines is 1. The van der Waals surface area contributed by atoms with Crippen molar-refractivity contribution in [1.82, 2.24) is 9.80 Å². The molecule has 1 saturated heterocycles. The van der Waals surface area contributed by atoms with Crippen molar-refractivity contribution in [3.8, 4) is 5.75 Å². The van der Waals surface area contributed by atoms with Gasteiger partial charge in [-0.15, -0.1) is 0 Å². The minimum atomic E-state index is -0.549. The van der Waals surface area contributed by atoms with E-state index in [2.05, 4.69) is 5.32 Å². The van der Waals surface area contributed by atoms with Crippen molar-refractivity contribution in [2.75, 3.05) is 32.1 Å². The summed E-state index contributed by atoms with van der Waals surface area (Å²) in [6, 6.07) is 14.0. The molecule has 1 N–H and O–H groups in total. The van der Waals surface area contributed by atoms with E-state index >= 15 is 0 Å². The molecule has 9 nitrogen and oxygen atoms in total. The summed E-state index contributed by atoms with van der Waals surface area (Å²) in [4.78, 5) is 48.3. The predicted octanol–water partition coefficient (Wildman–Crippen LogP) is 5.75. The average Bonchev–Trinajstić information content (AvgIpc) is 3.38. The van der Waals surface area contributed by atoms with Gasteiger partial charge in [-0.1, -0.05) is 47.6 Å². The van der Waals surface area contributed by atoms with Crippen LogP contribution in [0.15, 0.2) is 75.9 Å². The zero-order valence-corrected chi connectivity index (χ0v) is 25.3. The van der Waals surface area contributed by atoms with Crippen molar-refractivity contribution < 1.29 is 23.9 Å². The topological polar surface area (TPSA) is 101 Å². The van der Waals surface area contributed by atoms with Crippen molar-refractivity contribution >= 4 is 52.0 Å². The van der Waals surface area contributed by atoms with Gasteiger partial charge < -0.3 is 24.6 Å². The highest BCUT2D eigenvalue weighted by Gasteiger charge is 2.41. The number of piperidine rings is 1. The Labute approximate surface area is 254 Å². The predicted molar refractivity (Wildman–Crippen MR) is 164 cm³/mol. The fourth-order valence-electron chi connectivity index (χ4n) is 5.48. The summed E-state index contributed by atoms with van der Waals surface area (Å²) in [5, 5.41) is 6.18. The summed E-state index contributed by atoms with van der Waals surface area (Å²) < 4.78 is 10.7. The van der Waals surface area contributed by atoms with Crippen LogP contribution >= 0.6 is 23.4 Å². The molecule has 0 spiro atoms. The SMILES string of the molecule is CCOC(=O)C1CCCN(C(=O)CC2=CSC3=NC(C)=C(C(=O)Nc4ccccc4OC)C(c4ccc(Cl)cc4)N23)C1. The number of allylic oxidation sites excluding steroid dienone is 1. The second-order valence-electron chi connectivity index (χ2n) is 10.2. The molecule has 0 radical (unpaired) electrons. The molecule has 0 bridgehead atoms. The average molecular weight is 609 g/mol. The number of benzene rings is 2. The number of aliphatic imine (C=N–C) groups is 1. The Morgan fingerprint density at radius 1 is 1.14 bits per heavy atom. The summed E-state index contributed by atoms with van der Waals surface area (Å²) in [7, 11) is 1.55. The molecule has 5 rings (SSSR count). The number of amides is 2. The summed E-state index contributed by atoms with van der Waals surface area (Å²) in [6.07, 6.45) is 1.55. The first-order chi connectivity index (χ1) is 20.3. The van der Waals surface area contributed by atoms with Gasteiger partial charge in [-0.2, -0.15) is 0 Å². The van der Waals surface area contributed by atoms with Crippen LogP contribution in [0.2, 0.25) is 5.02 Å². The summed E-state index contributed by atoms with van der Waals surface area (Å²) in [5.41, 5.74) is 3.14. The molecule has 2 aromatic rings. The highest BCUT2D eigenvalue weighted by molar-refractivity contribution is 8.16. The summed E-state index contributed by atoms with van der Waals surface area (Å²) in [6.45, 7) is 4.84. The third-order valence-corrected chi connectivity index (χ3v) is 8.65. The van der Waals surface area contributed by atoms with E-state index < -0.39 is 6.04 Å². The number of halogens is 1. The molecule has 2 amide bonds. The minimum absolute atomic E-state index is 0.0850. The van der Waals surface area contributed by atoms with Crippen molar-refractivity contribution in [2.45, 2.75) is 39.2 Å². The summed E-state index contributed by atoms with van der Waals surface area (Å²) >= 11 is 7.65. The van der Waals surface area contributed by atoms with E-state index in [0.717, 1.165) is 17.7 Å². The van der Waals surface area contributed by atoms with E-state index in [1.165, 1.54) is 11.8 Å². The second-order valence-corrected chi connectivity index (χ2v) is 11.5. The zero-order chi connectivity index (χ0) is 29.8. The number of nitrogens with zero attached hydrogens (tertiary/aromatic N) is 3. The number of methoxy groups -OCH3 is 1. The molecule has 11 heteroatoms. The number of esters is 1. The highest BCUT2D eigenvalue weighted by atomic mass is 35.5. The molecule has 42 heavy (non-hydrogen) atoms. The van der Waals surface area contributed by atoms with Gasteiger partial charge in [0.05, 0.1) is 49.1 Å². The van der Waals surface area contributed by atoms with E-state index in [1.54, 1.807) is 43.2 Å². The maximum Gasteiger partial charge on any atom is 0.310 e. The van der Waals surface area contributed by atoms with Crippen LogP contribution in [0.25, 0.3) is 0 Å². The van der Waals surface area contributed by atoms with Gasteiger partial charge in [0, 0.05) is 23.8 Å². The van der Waals surface area contributed by atoms with Gasteiger partial charge in [0.2, 0.25) is 5.91 Å². The maximum atomic E-state index is 13.9.